The standard InChI is InChI=1S/C10H8ClN3O/c11-9-5-12-4-8(14-9)10-7(6-15)2-1-3-13-10/h1-5,15H,6H2. The molecular weight excluding hydrogens is 214 g/mol. The van der Waals surface area contributed by atoms with Crippen molar-refractivity contribution in [3.05, 3.63) is 41.4 Å². The van der Waals surface area contributed by atoms with E-state index in [4.69, 9.17) is 16.7 Å². The Morgan fingerprint density at radius 3 is 2.93 bits per heavy atom. The van der Waals surface area contributed by atoms with Gasteiger partial charge in [-0.25, -0.2) is 4.98 Å². The summed E-state index contributed by atoms with van der Waals surface area (Å²) in [7, 11) is 0. The first-order valence-corrected chi connectivity index (χ1v) is 4.71. The molecule has 0 fully saturated rings. The third-order valence-electron chi connectivity index (χ3n) is 1.91. The van der Waals surface area contributed by atoms with Crippen LogP contribution in [0, 0.1) is 0 Å². The molecule has 15 heavy (non-hydrogen) atoms. The molecule has 0 bridgehead atoms. The molecule has 0 amide bonds. The second kappa shape index (κ2) is 4.33. The minimum Gasteiger partial charge on any atom is -0.392 e. The van der Waals surface area contributed by atoms with Crippen LogP contribution in [0.2, 0.25) is 5.15 Å². The van der Waals surface area contributed by atoms with Gasteiger partial charge in [-0.3, -0.25) is 9.97 Å². The van der Waals surface area contributed by atoms with Gasteiger partial charge in [0.15, 0.2) is 0 Å². The van der Waals surface area contributed by atoms with Gasteiger partial charge >= 0.3 is 0 Å². The zero-order valence-corrected chi connectivity index (χ0v) is 8.52. The molecule has 0 aliphatic heterocycles. The Labute approximate surface area is 91.6 Å². The Kier molecular flexibility index (Phi) is 2.89. The zero-order chi connectivity index (χ0) is 10.7. The average Bonchev–Trinajstić information content (AvgIpc) is 2.29. The molecule has 0 saturated heterocycles. The highest BCUT2D eigenvalue weighted by molar-refractivity contribution is 6.29. The van der Waals surface area contributed by atoms with E-state index in [2.05, 4.69) is 15.0 Å². The molecule has 2 aromatic rings. The van der Waals surface area contributed by atoms with Gasteiger partial charge in [-0.2, -0.15) is 0 Å². The third kappa shape index (κ3) is 2.11. The number of aliphatic hydroxyl groups excluding tert-OH is 1. The van der Waals surface area contributed by atoms with Gasteiger partial charge in [-0.05, 0) is 6.07 Å². The van der Waals surface area contributed by atoms with E-state index in [9.17, 15) is 0 Å². The lowest BCUT2D eigenvalue weighted by Gasteiger charge is -2.04. The lowest BCUT2D eigenvalue weighted by molar-refractivity contribution is 0.282. The summed E-state index contributed by atoms with van der Waals surface area (Å²) in [5.41, 5.74) is 1.87. The van der Waals surface area contributed by atoms with Crippen LogP contribution in [0.4, 0.5) is 0 Å². The van der Waals surface area contributed by atoms with E-state index in [1.807, 2.05) is 0 Å². The fourth-order valence-electron chi connectivity index (χ4n) is 1.25. The van der Waals surface area contributed by atoms with Gasteiger partial charge in [0.25, 0.3) is 0 Å². The smallest absolute Gasteiger partial charge is 0.148 e. The molecular formula is C10H8ClN3O. The fraction of sp³-hybridized carbons (Fsp3) is 0.100. The van der Waals surface area contributed by atoms with Crippen molar-refractivity contribution in [2.75, 3.05) is 0 Å². The van der Waals surface area contributed by atoms with Crippen molar-refractivity contribution in [3.8, 4) is 11.4 Å². The predicted molar refractivity (Wildman–Crippen MR) is 56.2 cm³/mol. The first kappa shape index (κ1) is 10.0. The number of aliphatic hydroxyl groups is 1. The molecule has 0 aromatic carbocycles. The minimum atomic E-state index is -0.0859. The summed E-state index contributed by atoms with van der Waals surface area (Å²) in [6.45, 7) is -0.0859. The van der Waals surface area contributed by atoms with Crippen LogP contribution in [-0.2, 0) is 6.61 Å². The number of hydrogen-bond acceptors (Lipinski definition) is 4. The Morgan fingerprint density at radius 1 is 1.33 bits per heavy atom. The number of rotatable bonds is 2. The average molecular weight is 222 g/mol. The van der Waals surface area contributed by atoms with E-state index >= 15 is 0 Å². The first-order chi connectivity index (χ1) is 7.31. The SMILES string of the molecule is OCc1cccnc1-c1cncc(Cl)n1. The van der Waals surface area contributed by atoms with E-state index in [0.717, 1.165) is 0 Å². The van der Waals surface area contributed by atoms with E-state index in [-0.39, 0.29) is 6.61 Å². The van der Waals surface area contributed by atoms with Crippen molar-refractivity contribution in [3.63, 3.8) is 0 Å². The number of nitrogens with zero attached hydrogens (tertiary/aromatic N) is 3. The van der Waals surface area contributed by atoms with Gasteiger partial charge in [0, 0.05) is 11.8 Å². The largest absolute Gasteiger partial charge is 0.392 e. The van der Waals surface area contributed by atoms with E-state index in [1.165, 1.54) is 6.20 Å². The van der Waals surface area contributed by atoms with Gasteiger partial charge in [0.2, 0.25) is 0 Å². The van der Waals surface area contributed by atoms with Crippen molar-refractivity contribution < 1.29 is 5.11 Å². The number of halogens is 1. The maximum Gasteiger partial charge on any atom is 0.148 e. The summed E-state index contributed by atoms with van der Waals surface area (Å²) in [5.74, 6) is 0. The predicted octanol–water partition coefficient (Wildman–Crippen LogP) is 1.68. The molecule has 5 heteroatoms. The van der Waals surface area contributed by atoms with Crippen LogP contribution in [0.25, 0.3) is 11.4 Å². The molecule has 0 radical (unpaired) electrons. The van der Waals surface area contributed by atoms with Crippen LogP contribution in [-0.4, -0.2) is 20.1 Å². The van der Waals surface area contributed by atoms with Crippen molar-refractivity contribution in [1.82, 2.24) is 15.0 Å². The summed E-state index contributed by atoms with van der Waals surface area (Å²) in [4.78, 5) is 12.1. The quantitative estimate of drug-likeness (QED) is 0.838. The van der Waals surface area contributed by atoms with E-state index in [0.29, 0.717) is 22.1 Å². The highest BCUT2D eigenvalue weighted by Gasteiger charge is 2.07. The molecule has 0 spiro atoms. The lowest BCUT2D eigenvalue weighted by atomic mass is 10.1. The van der Waals surface area contributed by atoms with Crippen LogP contribution in [0.1, 0.15) is 5.56 Å². The lowest BCUT2D eigenvalue weighted by Crippen LogP contribution is -1.95. The van der Waals surface area contributed by atoms with Crippen LogP contribution < -0.4 is 0 Å². The first-order valence-electron chi connectivity index (χ1n) is 4.34. The summed E-state index contributed by atoms with van der Waals surface area (Å²) >= 11 is 5.73. The summed E-state index contributed by atoms with van der Waals surface area (Å²) in [6.07, 6.45) is 4.65. The van der Waals surface area contributed by atoms with Gasteiger partial charge in [-0.1, -0.05) is 17.7 Å². The van der Waals surface area contributed by atoms with Gasteiger partial charge in [0.05, 0.1) is 24.7 Å². The third-order valence-corrected chi connectivity index (χ3v) is 2.09. The molecule has 2 rings (SSSR count). The highest BCUT2D eigenvalue weighted by atomic mass is 35.5. The number of aromatic nitrogens is 3. The van der Waals surface area contributed by atoms with Crippen LogP contribution in [0.15, 0.2) is 30.7 Å². The second-order valence-electron chi connectivity index (χ2n) is 2.90. The van der Waals surface area contributed by atoms with Gasteiger partial charge in [0.1, 0.15) is 10.8 Å². The molecule has 76 valence electrons. The fourth-order valence-corrected chi connectivity index (χ4v) is 1.40. The molecule has 2 heterocycles. The Bertz CT molecular complexity index is 476. The van der Waals surface area contributed by atoms with Crippen molar-refractivity contribution >= 4 is 11.6 Å². The topological polar surface area (TPSA) is 58.9 Å². The van der Waals surface area contributed by atoms with E-state index in [1.54, 1.807) is 24.5 Å². The summed E-state index contributed by atoms with van der Waals surface area (Å²) in [6, 6.07) is 3.54. The number of pyridine rings is 1. The second-order valence-corrected chi connectivity index (χ2v) is 3.28. The van der Waals surface area contributed by atoms with Crippen molar-refractivity contribution in [1.29, 1.82) is 0 Å². The minimum absolute atomic E-state index is 0.0859. The zero-order valence-electron chi connectivity index (χ0n) is 7.76. The van der Waals surface area contributed by atoms with Crippen molar-refractivity contribution in [2.24, 2.45) is 0 Å². The molecule has 2 aromatic heterocycles. The summed E-state index contributed by atoms with van der Waals surface area (Å²) in [5, 5.41) is 9.44. The molecule has 0 atom stereocenters. The monoisotopic (exact) mass is 221 g/mol. The Balaban J connectivity index is 2.53. The van der Waals surface area contributed by atoms with Crippen molar-refractivity contribution in [2.45, 2.75) is 6.61 Å². The molecule has 0 aliphatic rings. The highest BCUT2D eigenvalue weighted by Crippen LogP contribution is 2.19. The molecule has 4 nitrogen and oxygen atoms in total. The molecule has 0 unspecified atom stereocenters. The van der Waals surface area contributed by atoms with Crippen LogP contribution >= 0.6 is 11.6 Å². The van der Waals surface area contributed by atoms with Crippen LogP contribution in [0.3, 0.4) is 0 Å². The van der Waals surface area contributed by atoms with Gasteiger partial charge < -0.3 is 5.11 Å². The Morgan fingerprint density at radius 2 is 2.20 bits per heavy atom. The van der Waals surface area contributed by atoms with Crippen LogP contribution in [0.5, 0.6) is 0 Å². The van der Waals surface area contributed by atoms with E-state index < -0.39 is 0 Å². The maximum atomic E-state index is 9.13. The molecule has 1 N–H and O–H groups in total. The normalized spacial score (nSPS) is 10.3. The Hall–Kier alpha value is -1.52. The number of hydrogen-bond donors (Lipinski definition) is 1. The molecule has 0 saturated carbocycles. The maximum absolute atomic E-state index is 9.13. The molecule has 0 aliphatic carbocycles. The van der Waals surface area contributed by atoms with Gasteiger partial charge in [-0.15, -0.1) is 0 Å². The summed E-state index contributed by atoms with van der Waals surface area (Å²) < 4.78 is 0.